The van der Waals surface area contributed by atoms with Gasteiger partial charge in [0.15, 0.2) is 11.5 Å². The molecule has 0 bridgehead atoms. The highest BCUT2D eigenvalue weighted by Gasteiger charge is 2.29. The Balaban J connectivity index is 1.15. The predicted molar refractivity (Wildman–Crippen MR) is 152 cm³/mol. The summed E-state index contributed by atoms with van der Waals surface area (Å²) in [4.78, 5) is 25.2. The van der Waals surface area contributed by atoms with Gasteiger partial charge in [-0.3, -0.25) is 14.6 Å². The van der Waals surface area contributed by atoms with Gasteiger partial charge in [-0.15, -0.1) is 0 Å². The van der Waals surface area contributed by atoms with Gasteiger partial charge in [0.1, 0.15) is 37.3 Å². The fourth-order valence-corrected chi connectivity index (χ4v) is 5.72. The Hall–Kier alpha value is -3.25. The van der Waals surface area contributed by atoms with Crippen LogP contribution in [0.5, 0.6) is 11.5 Å². The molecule has 6 rings (SSSR count). The van der Waals surface area contributed by atoms with E-state index in [9.17, 15) is 9.18 Å². The summed E-state index contributed by atoms with van der Waals surface area (Å²) in [7, 11) is 0. The SMILES string of the molecule is O=C1CN(C2CCN(CCOc3cc4c(Nc5ccc(F)c(Cl)c5)ncnc4cc3OC3CCOC3)CC2)CCO1. The van der Waals surface area contributed by atoms with Crippen molar-refractivity contribution >= 4 is 40.0 Å². The van der Waals surface area contributed by atoms with Crippen molar-refractivity contribution in [3.05, 3.63) is 47.5 Å². The van der Waals surface area contributed by atoms with Crippen molar-refractivity contribution in [1.29, 1.82) is 0 Å². The van der Waals surface area contributed by atoms with E-state index < -0.39 is 5.82 Å². The van der Waals surface area contributed by atoms with Gasteiger partial charge in [0.05, 0.1) is 30.3 Å². The zero-order valence-corrected chi connectivity index (χ0v) is 23.4. The fraction of sp³-hybridized carbons (Fsp3) is 0.483. The number of nitrogens with zero attached hydrogens (tertiary/aromatic N) is 4. The maximum Gasteiger partial charge on any atom is 0.320 e. The number of cyclic esters (lactones) is 1. The van der Waals surface area contributed by atoms with Crippen molar-refractivity contribution in [2.45, 2.75) is 31.4 Å². The number of carbonyl (C=O) groups is 1. The number of morpholine rings is 1. The van der Waals surface area contributed by atoms with E-state index in [-0.39, 0.29) is 17.1 Å². The lowest BCUT2D eigenvalue weighted by molar-refractivity contribution is -0.152. The monoisotopic (exact) mass is 585 g/mol. The van der Waals surface area contributed by atoms with Crippen molar-refractivity contribution < 1.29 is 28.1 Å². The molecule has 4 heterocycles. The third kappa shape index (κ3) is 6.81. The van der Waals surface area contributed by atoms with Crippen LogP contribution in [0.1, 0.15) is 19.3 Å². The van der Waals surface area contributed by atoms with E-state index in [1.807, 2.05) is 12.1 Å². The number of ether oxygens (including phenoxy) is 4. The molecule has 218 valence electrons. The Morgan fingerprint density at radius 2 is 1.95 bits per heavy atom. The van der Waals surface area contributed by atoms with Crippen LogP contribution >= 0.6 is 11.6 Å². The standard InChI is InChI=1S/C29H33ClFN5O5/c30-23-13-19(1-2-24(23)31)34-29-22-14-26(27(15-25(22)32-18-33-29)41-21-5-10-38-17-21)39-11-8-35-6-3-20(4-7-35)36-9-12-40-28(37)16-36/h1-2,13-15,18,20-21H,3-12,16-17H2,(H,32,33,34). The molecule has 10 nitrogen and oxygen atoms in total. The lowest BCUT2D eigenvalue weighted by Crippen LogP contribution is -2.50. The quantitative estimate of drug-likeness (QED) is 0.371. The lowest BCUT2D eigenvalue weighted by Gasteiger charge is -2.39. The summed E-state index contributed by atoms with van der Waals surface area (Å²) in [6.45, 7) is 6.02. The summed E-state index contributed by atoms with van der Waals surface area (Å²) < 4.78 is 36.9. The Morgan fingerprint density at radius 3 is 2.73 bits per heavy atom. The van der Waals surface area contributed by atoms with Crippen LogP contribution in [0.25, 0.3) is 10.9 Å². The molecule has 0 amide bonds. The van der Waals surface area contributed by atoms with Crippen molar-refractivity contribution in [2.75, 3.05) is 64.5 Å². The first-order valence-electron chi connectivity index (χ1n) is 14.0. The van der Waals surface area contributed by atoms with Crippen LogP contribution in [0.3, 0.4) is 0 Å². The third-order valence-corrected chi connectivity index (χ3v) is 8.07. The van der Waals surface area contributed by atoms with Gasteiger partial charge in [0, 0.05) is 42.7 Å². The van der Waals surface area contributed by atoms with E-state index in [1.54, 1.807) is 6.07 Å². The Bertz CT molecular complexity index is 1380. The average Bonchev–Trinajstić information content (AvgIpc) is 3.49. The van der Waals surface area contributed by atoms with Crippen LogP contribution in [0.2, 0.25) is 5.02 Å². The minimum absolute atomic E-state index is 0.0225. The van der Waals surface area contributed by atoms with E-state index in [1.165, 1.54) is 18.5 Å². The molecule has 3 aliphatic rings. The molecule has 1 aromatic heterocycles. The first kappa shape index (κ1) is 27.9. The summed E-state index contributed by atoms with van der Waals surface area (Å²) in [5, 5.41) is 3.97. The normalized spacial score (nSPS) is 20.7. The number of nitrogens with one attached hydrogen (secondary N) is 1. The van der Waals surface area contributed by atoms with Crippen LogP contribution < -0.4 is 14.8 Å². The van der Waals surface area contributed by atoms with Gasteiger partial charge in [-0.1, -0.05) is 11.6 Å². The molecule has 0 radical (unpaired) electrons. The number of halogens is 2. The second-order valence-corrected chi connectivity index (χ2v) is 10.9. The first-order valence-corrected chi connectivity index (χ1v) is 14.4. The molecule has 3 saturated heterocycles. The highest BCUT2D eigenvalue weighted by molar-refractivity contribution is 6.31. The number of rotatable bonds is 9. The van der Waals surface area contributed by atoms with E-state index >= 15 is 0 Å². The van der Waals surface area contributed by atoms with E-state index in [0.29, 0.717) is 67.5 Å². The van der Waals surface area contributed by atoms with Gasteiger partial charge in [0.2, 0.25) is 0 Å². The second kappa shape index (κ2) is 12.7. The number of hydrogen-bond acceptors (Lipinski definition) is 10. The van der Waals surface area contributed by atoms with Crippen LogP contribution in [-0.2, 0) is 14.3 Å². The number of likely N-dealkylation sites (tertiary alicyclic amines) is 1. The molecule has 3 fully saturated rings. The number of anilines is 2. The molecule has 1 unspecified atom stereocenters. The molecule has 1 N–H and O–H groups in total. The smallest absolute Gasteiger partial charge is 0.320 e. The summed E-state index contributed by atoms with van der Waals surface area (Å²) in [6.07, 6.45) is 4.25. The topological polar surface area (TPSA) is 98.3 Å². The number of aromatic nitrogens is 2. The number of benzene rings is 2. The maximum absolute atomic E-state index is 13.7. The van der Waals surface area contributed by atoms with Crippen LogP contribution in [0.4, 0.5) is 15.9 Å². The van der Waals surface area contributed by atoms with Gasteiger partial charge in [-0.2, -0.15) is 0 Å². The molecule has 3 aliphatic heterocycles. The number of carbonyl (C=O) groups excluding carboxylic acids is 1. The molecule has 3 aromatic rings. The fourth-order valence-electron chi connectivity index (χ4n) is 5.54. The first-order chi connectivity index (χ1) is 20.0. The second-order valence-electron chi connectivity index (χ2n) is 10.5. The molecule has 41 heavy (non-hydrogen) atoms. The highest BCUT2D eigenvalue weighted by Crippen LogP contribution is 2.36. The number of fused-ring (bicyclic) bond motifs is 1. The maximum atomic E-state index is 13.7. The Kier molecular flexibility index (Phi) is 8.66. The van der Waals surface area contributed by atoms with Crippen molar-refractivity contribution in [2.24, 2.45) is 0 Å². The number of piperidine rings is 1. The number of esters is 1. The third-order valence-electron chi connectivity index (χ3n) is 7.78. The summed E-state index contributed by atoms with van der Waals surface area (Å²) in [5.74, 6) is 1.13. The summed E-state index contributed by atoms with van der Waals surface area (Å²) in [6, 6.07) is 8.58. The molecular weight excluding hydrogens is 553 g/mol. The molecular formula is C29H33ClFN5O5. The van der Waals surface area contributed by atoms with E-state index in [4.69, 9.17) is 30.5 Å². The molecule has 1 atom stereocenters. The Morgan fingerprint density at radius 1 is 1.07 bits per heavy atom. The highest BCUT2D eigenvalue weighted by atomic mass is 35.5. The van der Waals surface area contributed by atoms with Gasteiger partial charge in [-0.05, 0) is 50.2 Å². The van der Waals surface area contributed by atoms with E-state index in [0.717, 1.165) is 50.8 Å². The number of hydrogen-bond donors (Lipinski definition) is 1. The lowest BCUT2D eigenvalue weighted by atomic mass is 10.0. The molecule has 0 aliphatic carbocycles. The zero-order valence-electron chi connectivity index (χ0n) is 22.7. The molecule has 0 saturated carbocycles. The minimum atomic E-state index is -0.487. The van der Waals surface area contributed by atoms with Crippen LogP contribution in [0, 0.1) is 5.82 Å². The van der Waals surface area contributed by atoms with Crippen molar-refractivity contribution in [3.8, 4) is 11.5 Å². The van der Waals surface area contributed by atoms with Gasteiger partial charge >= 0.3 is 5.97 Å². The largest absolute Gasteiger partial charge is 0.488 e. The summed E-state index contributed by atoms with van der Waals surface area (Å²) >= 11 is 5.98. The molecule has 2 aromatic carbocycles. The van der Waals surface area contributed by atoms with Crippen molar-refractivity contribution in [3.63, 3.8) is 0 Å². The zero-order chi connectivity index (χ0) is 28.2. The van der Waals surface area contributed by atoms with E-state index in [2.05, 4.69) is 25.1 Å². The molecule has 12 heteroatoms. The summed E-state index contributed by atoms with van der Waals surface area (Å²) in [5.41, 5.74) is 1.28. The predicted octanol–water partition coefficient (Wildman–Crippen LogP) is 4.04. The Labute approximate surface area is 242 Å². The molecule has 0 spiro atoms. The minimum Gasteiger partial charge on any atom is -0.488 e. The average molecular weight is 586 g/mol. The van der Waals surface area contributed by atoms with Gasteiger partial charge in [-0.25, -0.2) is 14.4 Å². The van der Waals surface area contributed by atoms with Gasteiger partial charge in [0.25, 0.3) is 0 Å². The van der Waals surface area contributed by atoms with Crippen molar-refractivity contribution in [1.82, 2.24) is 19.8 Å². The van der Waals surface area contributed by atoms with Crippen LogP contribution in [-0.4, -0.2) is 97.0 Å². The van der Waals surface area contributed by atoms with Gasteiger partial charge < -0.3 is 24.3 Å². The van der Waals surface area contributed by atoms with Crippen LogP contribution in [0.15, 0.2) is 36.7 Å².